The number of aromatic nitrogens is 4. The van der Waals surface area contributed by atoms with Gasteiger partial charge in [-0.25, -0.2) is 13.4 Å². The molecule has 2 aromatic carbocycles. The lowest BCUT2D eigenvalue weighted by Gasteiger charge is -2.11. The number of nitrogens with zero attached hydrogens (tertiary/aromatic N) is 4. The van der Waals surface area contributed by atoms with Gasteiger partial charge >= 0.3 is 0 Å². The van der Waals surface area contributed by atoms with Crippen molar-refractivity contribution >= 4 is 26.7 Å². The Morgan fingerprint density at radius 1 is 1.13 bits per heavy atom. The van der Waals surface area contributed by atoms with Crippen molar-refractivity contribution < 1.29 is 13.2 Å². The largest absolute Gasteiger partial charge is 0.480 e. The molecule has 0 atom stereocenters. The molecule has 0 amide bonds. The summed E-state index contributed by atoms with van der Waals surface area (Å²) in [6.07, 6.45) is 1.58. The van der Waals surface area contributed by atoms with Gasteiger partial charge in [-0.1, -0.05) is 6.07 Å². The first-order valence-corrected chi connectivity index (χ1v) is 10.3. The monoisotopic (exact) mass is 420 g/mol. The SMILES string of the molecule is COc1nc(-c2ccc(NS(=O)(=O)c3cc(C)ccc3C#N)cc2)nc2[nH]ncc12. The maximum Gasteiger partial charge on any atom is 0.263 e. The quantitative estimate of drug-likeness (QED) is 0.507. The van der Waals surface area contributed by atoms with E-state index in [1.807, 2.05) is 6.07 Å². The number of nitrogens with one attached hydrogen (secondary N) is 2. The zero-order valence-electron chi connectivity index (χ0n) is 16.0. The number of nitriles is 1. The fourth-order valence-corrected chi connectivity index (χ4v) is 4.24. The fourth-order valence-electron chi connectivity index (χ4n) is 2.93. The van der Waals surface area contributed by atoms with Crippen molar-refractivity contribution in [1.29, 1.82) is 5.26 Å². The molecule has 0 saturated heterocycles. The number of hydrogen-bond acceptors (Lipinski definition) is 7. The molecule has 4 rings (SSSR count). The number of sulfonamides is 1. The van der Waals surface area contributed by atoms with E-state index in [4.69, 9.17) is 4.74 Å². The smallest absolute Gasteiger partial charge is 0.263 e. The molecule has 2 heterocycles. The van der Waals surface area contributed by atoms with Crippen LogP contribution in [0.25, 0.3) is 22.4 Å². The van der Waals surface area contributed by atoms with E-state index in [1.165, 1.54) is 19.2 Å². The van der Waals surface area contributed by atoms with Crippen LogP contribution < -0.4 is 9.46 Å². The molecule has 0 spiro atoms. The average Bonchev–Trinajstić information content (AvgIpc) is 3.22. The standard InChI is InChI=1S/C20H16N6O3S/c1-12-3-4-14(10-21)17(9-12)30(27,28)26-15-7-5-13(6-8-15)18-23-19-16(11-22-25-19)20(24-18)29-2/h3-9,11,26H,1-2H3,(H,22,23,24,25). The summed E-state index contributed by atoms with van der Waals surface area (Å²) in [6, 6.07) is 13.1. The van der Waals surface area contributed by atoms with Gasteiger partial charge in [-0.2, -0.15) is 15.3 Å². The lowest BCUT2D eigenvalue weighted by molar-refractivity contribution is 0.403. The molecule has 0 unspecified atom stereocenters. The summed E-state index contributed by atoms with van der Waals surface area (Å²) in [5.74, 6) is 0.792. The average molecular weight is 420 g/mol. The molecule has 0 aliphatic carbocycles. The molecule has 150 valence electrons. The Morgan fingerprint density at radius 3 is 2.60 bits per heavy atom. The number of H-pyrrole nitrogens is 1. The van der Waals surface area contributed by atoms with Gasteiger partial charge in [-0.05, 0) is 48.9 Å². The van der Waals surface area contributed by atoms with Crippen LogP contribution in [0.15, 0.2) is 53.6 Å². The van der Waals surface area contributed by atoms with Gasteiger partial charge in [0.15, 0.2) is 11.5 Å². The molecule has 0 fully saturated rings. The van der Waals surface area contributed by atoms with Gasteiger partial charge in [0, 0.05) is 11.3 Å². The minimum absolute atomic E-state index is 0.0631. The van der Waals surface area contributed by atoms with Crippen LogP contribution in [0, 0.1) is 18.3 Å². The van der Waals surface area contributed by atoms with Crippen LogP contribution in [0.3, 0.4) is 0 Å². The number of methoxy groups -OCH3 is 1. The summed E-state index contributed by atoms with van der Waals surface area (Å²) in [7, 11) is -2.41. The molecule has 0 radical (unpaired) electrons. The molecule has 30 heavy (non-hydrogen) atoms. The number of ether oxygens (including phenoxy) is 1. The number of hydrogen-bond donors (Lipinski definition) is 2. The van der Waals surface area contributed by atoms with E-state index in [0.29, 0.717) is 34.0 Å². The second-order valence-corrected chi connectivity index (χ2v) is 8.13. The highest BCUT2D eigenvalue weighted by atomic mass is 32.2. The molecule has 4 aromatic rings. The number of anilines is 1. The van der Waals surface area contributed by atoms with Crippen molar-refractivity contribution in [3.8, 4) is 23.3 Å². The molecule has 0 bridgehead atoms. The summed E-state index contributed by atoms with van der Waals surface area (Å²) in [6.45, 7) is 1.76. The predicted molar refractivity (Wildman–Crippen MR) is 110 cm³/mol. The summed E-state index contributed by atoms with van der Waals surface area (Å²) in [5, 5.41) is 16.6. The Hall–Kier alpha value is -3.97. The molecule has 0 aliphatic heterocycles. The second kappa shape index (κ2) is 7.46. The molecule has 9 nitrogen and oxygen atoms in total. The van der Waals surface area contributed by atoms with Gasteiger partial charge in [-0.3, -0.25) is 9.82 Å². The summed E-state index contributed by atoms with van der Waals surface area (Å²) < 4.78 is 33.3. The minimum Gasteiger partial charge on any atom is -0.480 e. The normalized spacial score (nSPS) is 11.2. The van der Waals surface area contributed by atoms with Crippen LogP contribution in [0.1, 0.15) is 11.1 Å². The van der Waals surface area contributed by atoms with Crippen LogP contribution >= 0.6 is 0 Å². The van der Waals surface area contributed by atoms with Gasteiger partial charge in [0.2, 0.25) is 5.88 Å². The van der Waals surface area contributed by atoms with Gasteiger partial charge in [0.25, 0.3) is 10.0 Å². The number of fused-ring (bicyclic) bond motifs is 1. The van der Waals surface area contributed by atoms with Crippen molar-refractivity contribution in [3.63, 3.8) is 0 Å². The maximum absolute atomic E-state index is 12.8. The van der Waals surface area contributed by atoms with E-state index in [0.717, 1.165) is 5.56 Å². The Morgan fingerprint density at radius 2 is 1.90 bits per heavy atom. The summed E-state index contributed by atoms with van der Waals surface area (Å²) in [5.41, 5.74) is 2.37. The fraction of sp³-hybridized carbons (Fsp3) is 0.100. The lowest BCUT2D eigenvalue weighted by Crippen LogP contribution is -2.14. The third-order valence-corrected chi connectivity index (χ3v) is 5.83. The van der Waals surface area contributed by atoms with Crippen molar-refractivity contribution in [2.45, 2.75) is 11.8 Å². The molecule has 0 aliphatic rings. The van der Waals surface area contributed by atoms with E-state index in [9.17, 15) is 13.7 Å². The van der Waals surface area contributed by atoms with Crippen molar-refractivity contribution in [3.05, 3.63) is 59.8 Å². The van der Waals surface area contributed by atoms with E-state index in [2.05, 4.69) is 24.9 Å². The van der Waals surface area contributed by atoms with Gasteiger partial charge in [0.05, 0.1) is 18.9 Å². The van der Waals surface area contributed by atoms with Crippen molar-refractivity contribution in [2.75, 3.05) is 11.8 Å². The molecular formula is C20H16N6O3S. The van der Waals surface area contributed by atoms with Crippen molar-refractivity contribution in [1.82, 2.24) is 20.2 Å². The lowest BCUT2D eigenvalue weighted by atomic mass is 10.2. The first-order chi connectivity index (χ1) is 14.4. The molecule has 10 heteroatoms. The zero-order valence-corrected chi connectivity index (χ0v) is 16.9. The van der Waals surface area contributed by atoms with E-state index in [1.54, 1.807) is 43.5 Å². The molecular weight excluding hydrogens is 404 g/mol. The third-order valence-electron chi connectivity index (χ3n) is 4.41. The van der Waals surface area contributed by atoms with Gasteiger partial charge in [0.1, 0.15) is 16.4 Å². The third kappa shape index (κ3) is 3.54. The highest BCUT2D eigenvalue weighted by Gasteiger charge is 2.19. The topological polar surface area (TPSA) is 134 Å². The highest BCUT2D eigenvalue weighted by molar-refractivity contribution is 7.92. The molecule has 0 saturated carbocycles. The van der Waals surface area contributed by atoms with Crippen LogP contribution in [0.5, 0.6) is 5.88 Å². The van der Waals surface area contributed by atoms with Crippen LogP contribution in [-0.2, 0) is 10.0 Å². The number of aryl methyl sites for hydroxylation is 1. The van der Waals surface area contributed by atoms with Gasteiger partial charge < -0.3 is 4.74 Å². The minimum atomic E-state index is -3.93. The van der Waals surface area contributed by atoms with Crippen LogP contribution in [0.4, 0.5) is 5.69 Å². The van der Waals surface area contributed by atoms with E-state index >= 15 is 0 Å². The number of benzene rings is 2. The number of rotatable bonds is 5. The molecule has 2 aromatic heterocycles. The van der Waals surface area contributed by atoms with Crippen molar-refractivity contribution in [2.24, 2.45) is 0 Å². The first-order valence-electron chi connectivity index (χ1n) is 8.80. The molecule has 2 N–H and O–H groups in total. The Bertz CT molecular complexity index is 1390. The van der Waals surface area contributed by atoms with Gasteiger partial charge in [-0.15, -0.1) is 0 Å². The van der Waals surface area contributed by atoms with E-state index < -0.39 is 10.0 Å². The van der Waals surface area contributed by atoms with Crippen LogP contribution in [0.2, 0.25) is 0 Å². The van der Waals surface area contributed by atoms with Crippen LogP contribution in [-0.4, -0.2) is 35.7 Å². The second-order valence-electron chi connectivity index (χ2n) is 6.48. The highest BCUT2D eigenvalue weighted by Crippen LogP contribution is 2.27. The number of aromatic amines is 1. The summed E-state index contributed by atoms with van der Waals surface area (Å²) >= 11 is 0. The Labute approximate surface area is 172 Å². The Kier molecular flexibility index (Phi) is 4.81. The summed E-state index contributed by atoms with van der Waals surface area (Å²) in [4.78, 5) is 8.73. The zero-order chi connectivity index (χ0) is 21.3. The first kappa shape index (κ1) is 19.4. The Balaban J connectivity index is 1.65. The maximum atomic E-state index is 12.8. The predicted octanol–water partition coefficient (Wildman–Crippen LogP) is 3.01. The van der Waals surface area contributed by atoms with E-state index in [-0.39, 0.29) is 10.5 Å².